The van der Waals surface area contributed by atoms with Crippen molar-refractivity contribution in [3.05, 3.63) is 0 Å². The summed E-state index contributed by atoms with van der Waals surface area (Å²) in [6, 6.07) is 0. The molecule has 0 saturated heterocycles. The number of hydrogen-bond donors (Lipinski definition) is 0. The quantitative estimate of drug-likeness (QED) is 0.337. The topological polar surface area (TPSA) is 0 Å². The summed E-state index contributed by atoms with van der Waals surface area (Å²) in [6.07, 6.45) is 13.3. The smallest absolute Gasteiger partial charge is 0.0141 e. The molecule has 0 aliphatic heterocycles. The summed E-state index contributed by atoms with van der Waals surface area (Å²) in [4.78, 5) is 0. The van der Waals surface area contributed by atoms with Crippen molar-refractivity contribution in [2.45, 2.75) is 68.6 Å². The van der Waals surface area contributed by atoms with Crippen LogP contribution in [0.5, 0.6) is 0 Å². The lowest BCUT2D eigenvalue weighted by atomic mass is 10.1. The lowest BCUT2D eigenvalue weighted by Crippen LogP contribution is -1.83. The molecule has 0 amide bonds. The van der Waals surface area contributed by atoms with Gasteiger partial charge in [0.05, 0.1) is 0 Å². The zero-order valence-electron chi connectivity index (χ0n) is 8.90. The number of rotatable bonds is 8. The molecule has 1 aliphatic rings. The van der Waals surface area contributed by atoms with Gasteiger partial charge in [-0.1, -0.05) is 74.5 Å². The molecule has 0 radical (unpaired) electrons. The van der Waals surface area contributed by atoms with Crippen LogP contribution < -0.4 is 0 Å². The molecule has 0 bridgehead atoms. The predicted octanol–water partition coefficient (Wildman–Crippen LogP) is 4.95. The number of hydrogen-bond acceptors (Lipinski definition) is 0. The van der Waals surface area contributed by atoms with Gasteiger partial charge in [0.15, 0.2) is 0 Å². The van der Waals surface area contributed by atoms with E-state index in [0.29, 0.717) is 0 Å². The molecule has 1 aliphatic carbocycles. The second kappa shape index (κ2) is 7.08. The Hall–Kier alpha value is 0.730. The normalized spacial score (nSPS) is 26.3. The van der Waals surface area contributed by atoms with Crippen LogP contribution in [0.2, 0.25) is 0 Å². The van der Waals surface area contributed by atoms with Crippen LogP contribution in [0.15, 0.2) is 0 Å². The van der Waals surface area contributed by atoms with Crippen molar-refractivity contribution in [1.82, 2.24) is 0 Å². The molecule has 0 N–H and O–H groups in total. The average molecular weight is 294 g/mol. The summed E-state index contributed by atoms with van der Waals surface area (Å²) < 4.78 is 1.04. The van der Waals surface area contributed by atoms with Crippen LogP contribution in [-0.4, -0.2) is 3.92 Å². The van der Waals surface area contributed by atoms with Gasteiger partial charge in [0.25, 0.3) is 0 Å². The van der Waals surface area contributed by atoms with Crippen LogP contribution in [0.1, 0.15) is 64.7 Å². The highest BCUT2D eigenvalue weighted by Gasteiger charge is 2.33. The van der Waals surface area contributed by atoms with Gasteiger partial charge in [0.2, 0.25) is 0 Å². The molecule has 0 spiro atoms. The molecular formula is C12H23I. The highest BCUT2D eigenvalue weighted by atomic mass is 127. The van der Waals surface area contributed by atoms with E-state index in [0.717, 1.165) is 9.84 Å². The van der Waals surface area contributed by atoms with Crippen LogP contribution in [0, 0.1) is 5.92 Å². The molecule has 2 atom stereocenters. The fraction of sp³-hybridized carbons (Fsp3) is 1.00. The van der Waals surface area contributed by atoms with Gasteiger partial charge in [-0.05, 0) is 18.8 Å². The summed E-state index contributed by atoms with van der Waals surface area (Å²) >= 11 is 2.60. The van der Waals surface area contributed by atoms with Crippen LogP contribution in [0.25, 0.3) is 0 Å². The highest BCUT2D eigenvalue weighted by molar-refractivity contribution is 14.1. The Morgan fingerprint density at radius 3 is 2.08 bits per heavy atom. The maximum atomic E-state index is 2.60. The Balaban J connectivity index is 1.69. The van der Waals surface area contributed by atoms with Crippen molar-refractivity contribution >= 4 is 22.6 Å². The Kier molecular flexibility index (Phi) is 6.43. The molecule has 0 aromatic rings. The zero-order chi connectivity index (χ0) is 9.52. The van der Waals surface area contributed by atoms with Crippen LogP contribution in [0.4, 0.5) is 0 Å². The summed E-state index contributed by atoms with van der Waals surface area (Å²) in [5, 5.41) is 0. The van der Waals surface area contributed by atoms with Gasteiger partial charge in [0.1, 0.15) is 0 Å². The first kappa shape index (κ1) is 11.8. The van der Waals surface area contributed by atoms with Crippen LogP contribution in [-0.2, 0) is 0 Å². The van der Waals surface area contributed by atoms with Gasteiger partial charge < -0.3 is 0 Å². The minimum absolute atomic E-state index is 1.04. The van der Waals surface area contributed by atoms with E-state index in [1.807, 2.05) is 0 Å². The van der Waals surface area contributed by atoms with E-state index in [1.165, 1.54) is 57.8 Å². The third-order valence-corrected chi connectivity index (χ3v) is 4.54. The Bertz CT molecular complexity index is 122. The van der Waals surface area contributed by atoms with E-state index in [1.54, 1.807) is 0 Å². The van der Waals surface area contributed by atoms with Crippen molar-refractivity contribution in [2.24, 2.45) is 5.92 Å². The fourth-order valence-corrected chi connectivity index (χ4v) is 2.89. The zero-order valence-corrected chi connectivity index (χ0v) is 11.1. The van der Waals surface area contributed by atoms with Crippen molar-refractivity contribution in [2.75, 3.05) is 0 Å². The molecule has 0 aromatic carbocycles. The Morgan fingerprint density at radius 2 is 1.54 bits per heavy atom. The molecule has 0 aromatic heterocycles. The van der Waals surface area contributed by atoms with Gasteiger partial charge in [-0.15, -0.1) is 0 Å². The second-order valence-electron chi connectivity index (χ2n) is 4.42. The maximum Gasteiger partial charge on any atom is 0.0141 e. The van der Waals surface area contributed by atoms with E-state index < -0.39 is 0 Å². The van der Waals surface area contributed by atoms with Gasteiger partial charge in [-0.2, -0.15) is 0 Å². The summed E-state index contributed by atoms with van der Waals surface area (Å²) in [5.74, 6) is 1.11. The van der Waals surface area contributed by atoms with Crippen molar-refractivity contribution < 1.29 is 0 Å². The maximum absolute atomic E-state index is 2.60. The molecular weight excluding hydrogens is 271 g/mol. The lowest BCUT2D eigenvalue weighted by Gasteiger charge is -2.00. The first-order valence-corrected chi connectivity index (χ1v) is 7.23. The molecule has 78 valence electrons. The van der Waals surface area contributed by atoms with Crippen molar-refractivity contribution in [3.63, 3.8) is 0 Å². The number of halogens is 1. The van der Waals surface area contributed by atoms with Gasteiger partial charge in [-0.25, -0.2) is 0 Å². The molecule has 1 rings (SSSR count). The molecule has 1 saturated carbocycles. The molecule has 1 fully saturated rings. The number of alkyl halides is 1. The molecule has 2 unspecified atom stereocenters. The van der Waals surface area contributed by atoms with Crippen molar-refractivity contribution in [1.29, 1.82) is 0 Å². The summed E-state index contributed by atoms with van der Waals surface area (Å²) in [7, 11) is 0. The van der Waals surface area contributed by atoms with E-state index >= 15 is 0 Å². The average Bonchev–Trinajstić information content (AvgIpc) is 2.81. The molecule has 1 heteroatoms. The van der Waals surface area contributed by atoms with Gasteiger partial charge >= 0.3 is 0 Å². The fourth-order valence-electron chi connectivity index (χ4n) is 1.87. The number of unbranched alkanes of at least 4 members (excludes halogenated alkanes) is 6. The summed E-state index contributed by atoms with van der Waals surface area (Å²) in [6.45, 7) is 2.29. The lowest BCUT2D eigenvalue weighted by molar-refractivity contribution is 0.560. The Labute approximate surface area is 97.0 Å². The minimum Gasteiger partial charge on any atom is -0.0823 e. The third-order valence-electron chi connectivity index (χ3n) is 3.01. The van der Waals surface area contributed by atoms with E-state index in [9.17, 15) is 0 Å². The monoisotopic (exact) mass is 294 g/mol. The second-order valence-corrected chi connectivity index (χ2v) is 6.02. The highest BCUT2D eigenvalue weighted by Crippen LogP contribution is 2.41. The summed E-state index contributed by atoms with van der Waals surface area (Å²) in [5.41, 5.74) is 0. The third kappa shape index (κ3) is 5.92. The van der Waals surface area contributed by atoms with E-state index in [-0.39, 0.29) is 0 Å². The van der Waals surface area contributed by atoms with Crippen molar-refractivity contribution in [3.8, 4) is 0 Å². The van der Waals surface area contributed by atoms with Gasteiger partial charge in [-0.3, -0.25) is 0 Å². The van der Waals surface area contributed by atoms with Crippen LogP contribution in [0.3, 0.4) is 0 Å². The largest absolute Gasteiger partial charge is 0.0823 e. The molecule has 0 nitrogen and oxygen atoms in total. The first-order chi connectivity index (χ1) is 6.34. The SMILES string of the molecule is CCCCCCCCCC1CC1I. The van der Waals surface area contributed by atoms with Gasteiger partial charge in [0, 0.05) is 3.92 Å². The Morgan fingerprint density at radius 1 is 1.00 bits per heavy atom. The molecule has 0 heterocycles. The molecule has 13 heavy (non-hydrogen) atoms. The van der Waals surface area contributed by atoms with E-state index in [2.05, 4.69) is 29.5 Å². The van der Waals surface area contributed by atoms with Crippen LogP contribution >= 0.6 is 22.6 Å². The minimum atomic E-state index is 1.04. The first-order valence-electron chi connectivity index (χ1n) is 5.98. The predicted molar refractivity (Wildman–Crippen MR) is 68.5 cm³/mol. The van der Waals surface area contributed by atoms with E-state index in [4.69, 9.17) is 0 Å². The standard InChI is InChI=1S/C12H23I/c1-2-3-4-5-6-7-8-9-11-10-12(11)13/h11-12H,2-10H2,1H3.